The molecule has 3 aromatic rings. The lowest BCUT2D eigenvalue weighted by molar-refractivity contribution is 0.130. The van der Waals surface area contributed by atoms with Gasteiger partial charge in [0.2, 0.25) is 0 Å². The highest BCUT2D eigenvalue weighted by Gasteiger charge is 2.43. The summed E-state index contributed by atoms with van der Waals surface area (Å²) in [5, 5.41) is 11.4. The number of pyridine rings is 1. The number of aliphatic hydroxyl groups is 1. The van der Waals surface area contributed by atoms with Crippen molar-refractivity contribution in [2.24, 2.45) is 0 Å². The van der Waals surface area contributed by atoms with E-state index in [1.54, 1.807) is 6.20 Å². The molecule has 1 heterocycles. The Morgan fingerprint density at radius 2 is 1.45 bits per heavy atom. The molecular weight excluding hydrogens is 246 g/mol. The van der Waals surface area contributed by atoms with Crippen LogP contribution in [-0.2, 0) is 5.60 Å². The fourth-order valence-corrected chi connectivity index (χ4v) is 3.05. The van der Waals surface area contributed by atoms with Crippen molar-refractivity contribution >= 4 is 0 Å². The summed E-state index contributed by atoms with van der Waals surface area (Å²) in [5.74, 6) is 0. The van der Waals surface area contributed by atoms with Gasteiger partial charge in [-0.2, -0.15) is 0 Å². The van der Waals surface area contributed by atoms with Crippen molar-refractivity contribution < 1.29 is 5.11 Å². The molecule has 96 valence electrons. The number of benzene rings is 2. The van der Waals surface area contributed by atoms with E-state index in [1.807, 2.05) is 66.7 Å². The highest BCUT2D eigenvalue weighted by molar-refractivity contribution is 5.79. The van der Waals surface area contributed by atoms with Gasteiger partial charge in [0.25, 0.3) is 0 Å². The molecule has 2 aromatic carbocycles. The standard InChI is InChI=1S/C18H13NO/c20-18(13-7-2-1-3-8-13)15-10-5-4-9-14(15)17-16(18)11-6-12-19-17/h1-12,20H/t18-/m1/s1. The summed E-state index contributed by atoms with van der Waals surface area (Å²) in [4.78, 5) is 4.46. The Morgan fingerprint density at radius 1 is 0.750 bits per heavy atom. The lowest BCUT2D eigenvalue weighted by atomic mass is 9.85. The van der Waals surface area contributed by atoms with Crippen LogP contribution in [0.4, 0.5) is 0 Å². The lowest BCUT2D eigenvalue weighted by Gasteiger charge is -2.26. The first-order chi connectivity index (χ1) is 9.82. The summed E-state index contributed by atoms with van der Waals surface area (Å²) >= 11 is 0. The highest BCUT2D eigenvalue weighted by atomic mass is 16.3. The van der Waals surface area contributed by atoms with Crippen LogP contribution in [-0.4, -0.2) is 10.1 Å². The van der Waals surface area contributed by atoms with Crippen LogP contribution in [0, 0.1) is 0 Å². The van der Waals surface area contributed by atoms with Crippen molar-refractivity contribution in [1.29, 1.82) is 0 Å². The van der Waals surface area contributed by atoms with Crippen molar-refractivity contribution in [3.63, 3.8) is 0 Å². The van der Waals surface area contributed by atoms with Crippen LogP contribution in [0.2, 0.25) is 0 Å². The molecule has 0 saturated heterocycles. The minimum Gasteiger partial charge on any atom is -0.376 e. The molecule has 0 amide bonds. The van der Waals surface area contributed by atoms with E-state index in [2.05, 4.69) is 4.98 Å². The average molecular weight is 259 g/mol. The van der Waals surface area contributed by atoms with Crippen LogP contribution in [0.15, 0.2) is 72.9 Å². The normalized spacial score (nSPS) is 19.4. The van der Waals surface area contributed by atoms with Gasteiger partial charge in [-0.15, -0.1) is 0 Å². The predicted molar refractivity (Wildman–Crippen MR) is 78.2 cm³/mol. The summed E-state index contributed by atoms with van der Waals surface area (Å²) in [6.07, 6.45) is 1.77. The van der Waals surface area contributed by atoms with Gasteiger partial charge in [-0.3, -0.25) is 4.98 Å². The minimum atomic E-state index is -1.11. The van der Waals surface area contributed by atoms with Crippen LogP contribution in [0.3, 0.4) is 0 Å². The summed E-state index contributed by atoms with van der Waals surface area (Å²) in [6.45, 7) is 0. The molecule has 2 heteroatoms. The van der Waals surface area contributed by atoms with E-state index in [-0.39, 0.29) is 0 Å². The molecule has 4 rings (SSSR count). The van der Waals surface area contributed by atoms with Crippen LogP contribution in [0.25, 0.3) is 11.3 Å². The summed E-state index contributed by atoms with van der Waals surface area (Å²) in [7, 11) is 0. The molecular formula is C18H13NO. The van der Waals surface area contributed by atoms with E-state index in [9.17, 15) is 5.11 Å². The van der Waals surface area contributed by atoms with Crippen molar-refractivity contribution in [3.8, 4) is 11.3 Å². The predicted octanol–water partition coefficient (Wildman–Crippen LogP) is 3.35. The zero-order chi connectivity index (χ0) is 13.6. The van der Waals surface area contributed by atoms with E-state index in [0.29, 0.717) is 0 Å². The minimum absolute atomic E-state index is 0.854. The van der Waals surface area contributed by atoms with Crippen LogP contribution < -0.4 is 0 Å². The van der Waals surface area contributed by atoms with Crippen molar-refractivity contribution in [1.82, 2.24) is 4.98 Å². The third-order valence-corrected chi connectivity index (χ3v) is 3.96. The van der Waals surface area contributed by atoms with Gasteiger partial charge < -0.3 is 5.11 Å². The molecule has 1 aromatic heterocycles. The van der Waals surface area contributed by atoms with Gasteiger partial charge in [-0.05, 0) is 11.6 Å². The highest BCUT2D eigenvalue weighted by Crippen LogP contribution is 2.49. The van der Waals surface area contributed by atoms with Gasteiger partial charge in [-0.1, -0.05) is 60.7 Å². The molecule has 0 spiro atoms. The molecule has 0 aliphatic heterocycles. The monoisotopic (exact) mass is 259 g/mol. The first-order valence-electron chi connectivity index (χ1n) is 6.65. The third-order valence-electron chi connectivity index (χ3n) is 3.96. The second-order valence-corrected chi connectivity index (χ2v) is 5.02. The molecule has 0 radical (unpaired) electrons. The Bertz CT molecular complexity index is 735. The van der Waals surface area contributed by atoms with Crippen molar-refractivity contribution in [3.05, 3.63) is 89.6 Å². The zero-order valence-electron chi connectivity index (χ0n) is 10.8. The number of fused-ring (bicyclic) bond motifs is 3. The Balaban J connectivity index is 2.10. The van der Waals surface area contributed by atoms with Crippen LogP contribution in [0.1, 0.15) is 16.7 Å². The molecule has 2 nitrogen and oxygen atoms in total. The second kappa shape index (κ2) is 4.02. The maximum atomic E-state index is 11.4. The van der Waals surface area contributed by atoms with Gasteiger partial charge in [0.1, 0.15) is 5.60 Å². The Hall–Kier alpha value is -2.45. The molecule has 0 saturated carbocycles. The largest absolute Gasteiger partial charge is 0.376 e. The first-order valence-corrected chi connectivity index (χ1v) is 6.65. The van der Waals surface area contributed by atoms with E-state index in [1.165, 1.54) is 0 Å². The topological polar surface area (TPSA) is 33.1 Å². The Kier molecular flexibility index (Phi) is 2.29. The smallest absolute Gasteiger partial charge is 0.143 e. The summed E-state index contributed by atoms with van der Waals surface area (Å²) in [6, 6.07) is 21.5. The second-order valence-electron chi connectivity index (χ2n) is 5.02. The van der Waals surface area contributed by atoms with Gasteiger partial charge in [0.15, 0.2) is 0 Å². The molecule has 1 aliphatic rings. The zero-order valence-corrected chi connectivity index (χ0v) is 10.8. The van der Waals surface area contributed by atoms with Crippen LogP contribution in [0.5, 0.6) is 0 Å². The molecule has 0 unspecified atom stereocenters. The molecule has 20 heavy (non-hydrogen) atoms. The van der Waals surface area contributed by atoms with Crippen LogP contribution >= 0.6 is 0 Å². The molecule has 1 atom stereocenters. The maximum Gasteiger partial charge on any atom is 0.143 e. The first kappa shape index (κ1) is 11.4. The van der Waals surface area contributed by atoms with Crippen molar-refractivity contribution in [2.45, 2.75) is 5.60 Å². The summed E-state index contributed by atoms with van der Waals surface area (Å²) in [5.41, 5.74) is 3.40. The number of rotatable bonds is 1. The Morgan fingerprint density at radius 3 is 2.30 bits per heavy atom. The number of hydrogen-bond acceptors (Lipinski definition) is 2. The number of nitrogens with zero attached hydrogens (tertiary/aromatic N) is 1. The maximum absolute atomic E-state index is 11.4. The molecule has 0 bridgehead atoms. The van der Waals surface area contributed by atoms with E-state index >= 15 is 0 Å². The van der Waals surface area contributed by atoms with Gasteiger partial charge in [-0.25, -0.2) is 0 Å². The lowest BCUT2D eigenvalue weighted by Crippen LogP contribution is -2.26. The third kappa shape index (κ3) is 1.34. The summed E-state index contributed by atoms with van der Waals surface area (Å²) < 4.78 is 0. The number of aromatic nitrogens is 1. The Labute approximate surface area is 117 Å². The SMILES string of the molecule is O[C@]1(c2ccccc2)c2ccccc2-c2ncccc21. The number of hydrogen-bond donors (Lipinski definition) is 1. The van der Waals surface area contributed by atoms with E-state index in [0.717, 1.165) is 27.9 Å². The van der Waals surface area contributed by atoms with Gasteiger partial charge >= 0.3 is 0 Å². The van der Waals surface area contributed by atoms with Gasteiger partial charge in [0.05, 0.1) is 5.69 Å². The quantitative estimate of drug-likeness (QED) is 0.727. The van der Waals surface area contributed by atoms with E-state index < -0.39 is 5.60 Å². The van der Waals surface area contributed by atoms with Gasteiger partial charge in [0, 0.05) is 22.9 Å². The van der Waals surface area contributed by atoms with Crippen molar-refractivity contribution in [2.75, 3.05) is 0 Å². The molecule has 1 N–H and O–H groups in total. The average Bonchev–Trinajstić information content (AvgIpc) is 2.80. The molecule has 0 fully saturated rings. The molecule has 1 aliphatic carbocycles. The fraction of sp³-hybridized carbons (Fsp3) is 0.0556. The van der Waals surface area contributed by atoms with E-state index in [4.69, 9.17) is 0 Å². The fourth-order valence-electron chi connectivity index (χ4n) is 3.05.